The Balaban J connectivity index is 1.90. The van der Waals surface area contributed by atoms with Crippen molar-refractivity contribution >= 4 is 50.9 Å². The third-order valence-electron chi connectivity index (χ3n) is 5.47. The van der Waals surface area contributed by atoms with Gasteiger partial charge in [0.1, 0.15) is 11.8 Å². The first-order chi connectivity index (χ1) is 17.2. The molecular formula is C28H29BrCl2N2O3. The number of halogens is 3. The fourth-order valence-corrected chi connectivity index (χ4v) is 4.31. The van der Waals surface area contributed by atoms with Gasteiger partial charge in [-0.05, 0) is 47.4 Å². The summed E-state index contributed by atoms with van der Waals surface area (Å²) in [4.78, 5) is 28.6. The summed E-state index contributed by atoms with van der Waals surface area (Å²) in [5, 5.41) is 3.79. The zero-order chi connectivity index (χ0) is 26.1. The van der Waals surface area contributed by atoms with Crippen LogP contribution < -0.4 is 10.1 Å². The Morgan fingerprint density at radius 1 is 0.972 bits per heavy atom. The number of hydrogen-bond donors (Lipinski definition) is 1. The molecule has 0 aliphatic carbocycles. The highest BCUT2D eigenvalue weighted by molar-refractivity contribution is 9.10. The molecule has 3 aromatic carbocycles. The molecule has 8 heteroatoms. The molecule has 190 valence electrons. The summed E-state index contributed by atoms with van der Waals surface area (Å²) in [6, 6.07) is 21.4. The van der Waals surface area contributed by atoms with E-state index in [0.29, 0.717) is 28.8 Å². The highest BCUT2D eigenvalue weighted by atomic mass is 79.9. The summed E-state index contributed by atoms with van der Waals surface area (Å²) in [7, 11) is 0. The highest BCUT2D eigenvalue weighted by Gasteiger charge is 2.30. The van der Waals surface area contributed by atoms with Gasteiger partial charge in [0.15, 0.2) is 6.61 Å². The maximum absolute atomic E-state index is 13.6. The number of carbonyl (C=O) groups excluding carboxylic acids is 2. The van der Waals surface area contributed by atoms with Crippen molar-refractivity contribution in [2.45, 2.75) is 32.9 Å². The maximum Gasteiger partial charge on any atom is 0.261 e. The monoisotopic (exact) mass is 590 g/mol. The number of ether oxygens (including phenoxy) is 1. The molecule has 0 saturated heterocycles. The molecule has 0 aliphatic rings. The first kappa shape index (κ1) is 28.0. The lowest BCUT2D eigenvalue weighted by Gasteiger charge is -2.31. The topological polar surface area (TPSA) is 58.6 Å². The largest absolute Gasteiger partial charge is 0.482 e. The lowest BCUT2D eigenvalue weighted by Crippen LogP contribution is -2.52. The summed E-state index contributed by atoms with van der Waals surface area (Å²) in [6.45, 7) is 4.54. The Bertz CT molecular complexity index is 1160. The predicted molar refractivity (Wildman–Crippen MR) is 148 cm³/mol. The molecule has 0 saturated carbocycles. The van der Waals surface area contributed by atoms with Gasteiger partial charge in [-0.1, -0.05) is 95.4 Å². The highest BCUT2D eigenvalue weighted by Crippen LogP contribution is 2.27. The van der Waals surface area contributed by atoms with Crippen molar-refractivity contribution in [1.29, 1.82) is 0 Å². The van der Waals surface area contributed by atoms with Crippen molar-refractivity contribution in [2.24, 2.45) is 5.92 Å². The van der Waals surface area contributed by atoms with Crippen LogP contribution in [0.5, 0.6) is 5.75 Å². The SMILES string of the molecule is CC(C)CNC(=O)[C@H](Cc1ccccc1)N(Cc1ccc(Br)cc1)C(=O)COc1ccc(Cl)cc1Cl. The van der Waals surface area contributed by atoms with Crippen LogP contribution >= 0.6 is 39.1 Å². The number of hydrogen-bond acceptors (Lipinski definition) is 3. The molecule has 5 nitrogen and oxygen atoms in total. The van der Waals surface area contributed by atoms with Gasteiger partial charge in [-0.25, -0.2) is 0 Å². The Kier molecular flexibility index (Phi) is 10.7. The number of benzene rings is 3. The third-order valence-corrected chi connectivity index (χ3v) is 6.53. The molecule has 0 spiro atoms. The summed E-state index contributed by atoms with van der Waals surface area (Å²) in [6.07, 6.45) is 0.370. The molecule has 0 heterocycles. The average Bonchev–Trinajstić information content (AvgIpc) is 2.85. The number of rotatable bonds is 11. The van der Waals surface area contributed by atoms with Crippen molar-refractivity contribution in [1.82, 2.24) is 10.2 Å². The lowest BCUT2D eigenvalue weighted by molar-refractivity contribution is -0.142. The molecule has 1 atom stereocenters. The zero-order valence-corrected chi connectivity index (χ0v) is 23.3. The second-order valence-corrected chi connectivity index (χ2v) is 10.6. The molecule has 0 aromatic heterocycles. The second-order valence-electron chi connectivity index (χ2n) is 8.86. The molecule has 0 bridgehead atoms. The van der Waals surface area contributed by atoms with Crippen LogP contribution in [0.25, 0.3) is 0 Å². The van der Waals surface area contributed by atoms with Crippen LogP contribution in [0.1, 0.15) is 25.0 Å². The van der Waals surface area contributed by atoms with Gasteiger partial charge in [-0.2, -0.15) is 0 Å². The molecule has 36 heavy (non-hydrogen) atoms. The fraction of sp³-hybridized carbons (Fsp3) is 0.286. The van der Waals surface area contributed by atoms with Gasteiger partial charge in [0, 0.05) is 29.0 Å². The van der Waals surface area contributed by atoms with E-state index in [1.54, 1.807) is 23.1 Å². The minimum Gasteiger partial charge on any atom is -0.482 e. The standard InChI is InChI=1S/C28H29BrCl2N2O3/c1-19(2)16-32-28(35)25(14-20-6-4-3-5-7-20)33(17-21-8-10-22(29)11-9-21)27(34)18-36-26-13-12-23(30)15-24(26)31/h3-13,15,19,25H,14,16-18H2,1-2H3,(H,32,35)/t25-/m0/s1. The number of nitrogens with zero attached hydrogens (tertiary/aromatic N) is 1. The molecule has 0 radical (unpaired) electrons. The molecule has 3 rings (SSSR count). The predicted octanol–water partition coefficient (Wildman–Crippen LogP) is 6.55. The van der Waals surface area contributed by atoms with Crippen LogP contribution in [0.4, 0.5) is 0 Å². The minimum atomic E-state index is -0.730. The van der Waals surface area contributed by atoms with E-state index >= 15 is 0 Å². The van der Waals surface area contributed by atoms with E-state index in [1.165, 1.54) is 0 Å². The van der Waals surface area contributed by atoms with E-state index < -0.39 is 6.04 Å². The second kappa shape index (κ2) is 13.7. The molecule has 1 N–H and O–H groups in total. The summed E-state index contributed by atoms with van der Waals surface area (Å²) in [5.41, 5.74) is 1.85. The summed E-state index contributed by atoms with van der Waals surface area (Å²) >= 11 is 15.6. The van der Waals surface area contributed by atoms with E-state index in [9.17, 15) is 9.59 Å². The van der Waals surface area contributed by atoms with Crippen LogP contribution in [-0.4, -0.2) is 35.9 Å². The van der Waals surface area contributed by atoms with Crippen molar-refractivity contribution < 1.29 is 14.3 Å². The summed E-state index contributed by atoms with van der Waals surface area (Å²) < 4.78 is 6.68. The number of carbonyl (C=O) groups is 2. The minimum absolute atomic E-state index is 0.206. The van der Waals surface area contributed by atoms with Crippen LogP contribution in [0.15, 0.2) is 77.3 Å². The fourth-order valence-electron chi connectivity index (χ4n) is 3.58. The first-order valence-corrected chi connectivity index (χ1v) is 13.2. The molecule has 0 aliphatic heterocycles. The molecule has 3 aromatic rings. The van der Waals surface area contributed by atoms with Crippen LogP contribution in [0.3, 0.4) is 0 Å². The Hall–Kier alpha value is -2.54. The van der Waals surface area contributed by atoms with Gasteiger partial charge in [0.2, 0.25) is 5.91 Å². The summed E-state index contributed by atoms with van der Waals surface area (Å²) in [5.74, 6) is 0.0892. The molecular weight excluding hydrogens is 563 g/mol. The lowest BCUT2D eigenvalue weighted by atomic mass is 10.0. The number of amides is 2. The zero-order valence-electron chi connectivity index (χ0n) is 20.2. The van der Waals surface area contributed by atoms with E-state index in [-0.39, 0.29) is 30.9 Å². The molecule has 2 amide bonds. The van der Waals surface area contributed by atoms with Gasteiger partial charge >= 0.3 is 0 Å². The van der Waals surface area contributed by atoms with Gasteiger partial charge in [0.05, 0.1) is 5.02 Å². The molecule has 0 fully saturated rings. The van der Waals surface area contributed by atoms with Crippen molar-refractivity contribution in [3.05, 3.63) is 98.4 Å². The van der Waals surface area contributed by atoms with Crippen molar-refractivity contribution in [2.75, 3.05) is 13.2 Å². The van der Waals surface area contributed by atoms with Crippen LogP contribution in [0.2, 0.25) is 10.0 Å². The first-order valence-electron chi connectivity index (χ1n) is 11.7. The van der Waals surface area contributed by atoms with Gasteiger partial charge in [0.25, 0.3) is 5.91 Å². The van der Waals surface area contributed by atoms with Crippen molar-refractivity contribution in [3.63, 3.8) is 0 Å². The van der Waals surface area contributed by atoms with E-state index in [4.69, 9.17) is 27.9 Å². The van der Waals surface area contributed by atoms with E-state index in [2.05, 4.69) is 21.2 Å². The normalized spacial score (nSPS) is 11.7. The van der Waals surface area contributed by atoms with Gasteiger partial charge in [-0.3, -0.25) is 9.59 Å². The smallest absolute Gasteiger partial charge is 0.261 e. The Labute approximate surface area is 230 Å². The van der Waals surface area contributed by atoms with Crippen LogP contribution in [0, 0.1) is 5.92 Å². The van der Waals surface area contributed by atoms with Gasteiger partial charge < -0.3 is 15.0 Å². The van der Waals surface area contributed by atoms with E-state index in [1.807, 2.05) is 68.4 Å². The van der Waals surface area contributed by atoms with Crippen LogP contribution in [-0.2, 0) is 22.6 Å². The molecule has 0 unspecified atom stereocenters. The Morgan fingerprint density at radius 2 is 1.67 bits per heavy atom. The quantitative estimate of drug-likeness (QED) is 0.275. The third kappa shape index (κ3) is 8.54. The Morgan fingerprint density at radius 3 is 2.31 bits per heavy atom. The van der Waals surface area contributed by atoms with Crippen molar-refractivity contribution in [3.8, 4) is 5.75 Å². The maximum atomic E-state index is 13.6. The average molecular weight is 592 g/mol. The van der Waals surface area contributed by atoms with Gasteiger partial charge in [-0.15, -0.1) is 0 Å². The van der Waals surface area contributed by atoms with E-state index in [0.717, 1.165) is 15.6 Å². The number of nitrogens with one attached hydrogen (secondary N) is 1.